The van der Waals surface area contributed by atoms with E-state index in [1.807, 2.05) is 18.2 Å². The third kappa shape index (κ3) is 2.30. The van der Waals surface area contributed by atoms with Crippen LogP contribution in [-0.2, 0) is 6.42 Å². The monoisotopic (exact) mass is 235 g/mol. The van der Waals surface area contributed by atoms with Gasteiger partial charge in [-0.2, -0.15) is 0 Å². The number of thiocarbonyl (C=S) groups is 1. The standard InChI is InChI=1S/C11H13N3OS/c1-2-3-10-14-8-6-7(13-11(12)16)4-5-9(8)15-10/h4-6H,2-3H2,1H3,(H3,12,13,16). The zero-order valence-electron chi connectivity index (χ0n) is 8.99. The summed E-state index contributed by atoms with van der Waals surface area (Å²) >= 11 is 4.77. The van der Waals surface area contributed by atoms with Gasteiger partial charge in [-0.05, 0) is 36.8 Å². The summed E-state index contributed by atoms with van der Waals surface area (Å²) in [5.41, 5.74) is 7.84. The third-order valence-electron chi connectivity index (χ3n) is 2.16. The van der Waals surface area contributed by atoms with Crippen molar-refractivity contribution >= 4 is 34.1 Å². The molecule has 0 spiro atoms. The van der Waals surface area contributed by atoms with Crippen molar-refractivity contribution in [3.05, 3.63) is 24.1 Å². The minimum absolute atomic E-state index is 0.247. The van der Waals surface area contributed by atoms with Crippen molar-refractivity contribution in [3.8, 4) is 0 Å². The largest absolute Gasteiger partial charge is 0.441 e. The number of anilines is 1. The highest BCUT2D eigenvalue weighted by atomic mass is 32.1. The molecule has 16 heavy (non-hydrogen) atoms. The number of aromatic nitrogens is 1. The lowest BCUT2D eigenvalue weighted by atomic mass is 10.3. The van der Waals surface area contributed by atoms with E-state index in [9.17, 15) is 0 Å². The van der Waals surface area contributed by atoms with Crippen LogP contribution < -0.4 is 11.1 Å². The predicted octanol–water partition coefficient (Wildman–Crippen LogP) is 2.44. The Kier molecular flexibility index (Phi) is 3.05. The SMILES string of the molecule is CCCc1nc2cc(NC(N)=S)ccc2o1. The van der Waals surface area contributed by atoms with Crippen LogP contribution in [0.25, 0.3) is 11.1 Å². The van der Waals surface area contributed by atoms with Crippen LogP contribution in [-0.4, -0.2) is 10.1 Å². The van der Waals surface area contributed by atoms with Gasteiger partial charge in [-0.25, -0.2) is 4.98 Å². The zero-order valence-corrected chi connectivity index (χ0v) is 9.80. The van der Waals surface area contributed by atoms with Crippen molar-refractivity contribution in [3.63, 3.8) is 0 Å². The Balaban J connectivity index is 2.33. The fraction of sp³-hybridized carbons (Fsp3) is 0.273. The predicted molar refractivity (Wildman–Crippen MR) is 68.4 cm³/mol. The van der Waals surface area contributed by atoms with Gasteiger partial charge < -0.3 is 15.5 Å². The zero-order chi connectivity index (χ0) is 11.5. The summed E-state index contributed by atoms with van der Waals surface area (Å²) < 4.78 is 5.57. The van der Waals surface area contributed by atoms with Gasteiger partial charge >= 0.3 is 0 Å². The second kappa shape index (κ2) is 4.49. The average molecular weight is 235 g/mol. The first-order chi connectivity index (χ1) is 7.69. The van der Waals surface area contributed by atoms with E-state index in [-0.39, 0.29) is 5.11 Å². The van der Waals surface area contributed by atoms with Crippen LogP contribution in [0.1, 0.15) is 19.2 Å². The Hall–Kier alpha value is -1.62. The van der Waals surface area contributed by atoms with Gasteiger partial charge in [0, 0.05) is 12.1 Å². The van der Waals surface area contributed by atoms with Crippen molar-refractivity contribution in [2.24, 2.45) is 5.73 Å². The molecule has 0 unspecified atom stereocenters. The minimum atomic E-state index is 0.247. The summed E-state index contributed by atoms with van der Waals surface area (Å²) in [6.07, 6.45) is 1.87. The molecular formula is C11H13N3OS. The molecule has 0 aliphatic heterocycles. The number of nitrogens with zero attached hydrogens (tertiary/aromatic N) is 1. The molecule has 3 N–H and O–H groups in total. The number of aryl methyl sites for hydroxylation is 1. The summed E-state index contributed by atoms with van der Waals surface area (Å²) in [6.45, 7) is 2.09. The van der Waals surface area contributed by atoms with Crippen LogP contribution in [0.5, 0.6) is 0 Å². The number of hydrogen-bond donors (Lipinski definition) is 2. The summed E-state index contributed by atoms with van der Waals surface area (Å²) in [4.78, 5) is 4.38. The van der Waals surface area contributed by atoms with Crippen LogP contribution in [0.15, 0.2) is 22.6 Å². The van der Waals surface area contributed by atoms with Gasteiger partial charge in [-0.3, -0.25) is 0 Å². The highest BCUT2D eigenvalue weighted by Crippen LogP contribution is 2.20. The highest BCUT2D eigenvalue weighted by Gasteiger charge is 2.05. The van der Waals surface area contributed by atoms with Crippen molar-refractivity contribution in [2.75, 3.05) is 5.32 Å². The molecule has 1 aromatic heterocycles. The number of fused-ring (bicyclic) bond motifs is 1. The maximum atomic E-state index is 5.57. The van der Waals surface area contributed by atoms with Crippen LogP contribution in [0.4, 0.5) is 5.69 Å². The number of nitrogens with one attached hydrogen (secondary N) is 1. The molecule has 0 saturated heterocycles. The topological polar surface area (TPSA) is 64.1 Å². The number of benzene rings is 1. The van der Waals surface area contributed by atoms with Crippen LogP contribution >= 0.6 is 12.2 Å². The number of oxazole rings is 1. The molecule has 2 aromatic rings. The second-order valence-corrected chi connectivity index (χ2v) is 3.97. The van der Waals surface area contributed by atoms with E-state index < -0.39 is 0 Å². The van der Waals surface area contributed by atoms with Crippen molar-refractivity contribution < 1.29 is 4.42 Å². The Labute approximate surface area is 98.8 Å². The lowest BCUT2D eigenvalue weighted by molar-refractivity contribution is 0.525. The molecule has 0 aliphatic rings. The Morgan fingerprint density at radius 3 is 3.06 bits per heavy atom. The summed E-state index contributed by atoms with van der Waals surface area (Å²) in [6, 6.07) is 5.60. The Bertz CT molecular complexity index is 521. The Morgan fingerprint density at radius 1 is 1.56 bits per heavy atom. The van der Waals surface area contributed by atoms with E-state index in [1.54, 1.807) is 0 Å². The molecule has 0 saturated carbocycles. The van der Waals surface area contributed by atoms with Crippen molar-refractivity contribution in [1.82, 2.24) is 4.98 Å². The van der Waals surface area contributed by atoms with Crippen LogP contribution in [0, 0.1) is 0 Å². The van der Waals surface area contributed by atoms with Gasteiger partial charge in [0.25, 0.3) is 0 Å². The van der Waals surface area contributed by atoms with Gasteiger partial charge in [0.15, 0.2) is 16.6 Å². The smallest absolute Gasteiger partial charge is 0.195 e. The van der Waals surface area contributed by atoms with E-state index in [4.69, 9.17) is 22.4 Å². The van der Waals surface area contributed by atoms with Gasteiger partial charge in [-0.15, -0.1) is 0 Å². The lowest BCUT2D eigenvalue weighted by Crippen LogP contribution is -2.18. The fourth-order valence-electron chi connectivity index (χ4n) is 1.52. The lowest BCUT2D eigenvalue weighted by Gasteiger charge is -2.01. The number of nitrogens with two attached hydrogens (primary N) is 1. The van der Waals surface area contributed by atoms with Crippen molar-refractivity contribution in [1.29, 1.82) is 0 Å². The summed E-state index contributed by atoms with van der Waals surface area (Å²) in [7, 11) is 0. The van der Waals surface area contributed by atoms with E-state index in [1.165, 1.54) is 0 Å². The molecule has 0 atom stereocenters. The molecule has 1 heterocycles. The first-order valence-corrected chi connectivity index (χ1v) is 5.56. The molecule has 0 bridgehead atoms. The number of hydrogen-bond acceptors (Lipinski definition) is 3. The van der Waals surface area contributed by atoms with Gasteiger partial charge in [0.1, 0.15) is 5.52 Å². The summed E-state index contributed by atoms with van der Waals surface area (Å²) in [5, 5.41) is 3.11. The molecule has 5 heteroatoms. The van der Waals surface area contributed by atoms with E-state index in [0.29, 0.717) is 0 Å². The molecule has 0 amide bonds. The fourth-order valence-corrected chi connectivity index (χ4v) is 1.63. The van der Waals surface area contributed by atoms with Gasteiger partial charge in [0.2, 0.25) is 0 Å². The highest BCUT2D eigenvalue weighted by molar-refractivity contribution is 7.80. The van der Waals surface area contributed by atoms with E-state index >= 15 is 0 Å². The van der Waals surface area contributed by atoms with Crippen molar-refractivity contribution in [2.45, 2.75) is 19.8 Å². The normalized spacial score (nSPS) is 10.6. The molecule has 84 valence electrons. The van der Waals surface area contributed by atoms with Crippen LogP contribution in [0.3, 0.4) is 0 Å². The third-order valence-corrected chi connectivity index (χ3v) is 2.27. The second-order valence-electron chi connectivity index (χ2n) is 3.53. The molecule has 0 radical (unpaired) electrons. The van der Waals surface area contributed by atoms with E-state index in [0.717, 1.165) is 35.5 Å². The number of rotatable bonds is 3. The molecular weight excluding hydrogens is 222 g/mol. The molecule has 0 fully saturated rings. The molecule has 0 aliphatic carbocycles. The van der Waals surface area contributed by atoms with Crippen LogP contribution in [0.2, 0.25) is 0 Å². The van der Waals surface area contributed by atoms with Gasteiger partial charge in [-0.1, -0.05) is 6.92 Å². The first-order valence-electron chi connectivity index (χ1n) is 5.15. The quantitative estimate of drug-likeness (QED) is 0.800. The molecule has 2 rings (SSSR count). The maximum absolute atomic E-state index is 5.57. The average Bonchev–Trinajstić information content (AvgIpc) is 2.59. The Morgan fingerprint density at radius 2 is 2.38 bits per heavy atom. The molecule has 1 aromatic carbocycles. The summed E-state index contributed by atoms with van der Waals surface area (Å²) in [5.74, 6) is 0.768. The minimum Gasteiger partial charge on any atom is -0.441 e. The first kappa shape index (κ1) is 10.9. The van der Waals surface area contributed by atoms with E-state index in [2.05, 4.69) is 17.2 Å². The maximum Gasteiger partial charge on any atom is 0.195 e. The molecule has 4 nitrogen and oxygen atoms in total. The van der Waals surface area contributed by atoms with Gasteiger partial charge in [0.05, 0.1) is 0 Å².